The molecule has 0 unspecified atom stereocenters. The molecule has 1 aliphatic heterocycles. The van der Waals surface area contributed by atoms with Crippen molar-refractivity contribution in [2.75, 3.05) is 11.4 Å². The highest BCUT2D eigenvalue weighted by atomic mass is 35.5. The van der Waals surface area contributed by atoms with Crippen molar-refractivity contribution in [3.05, 3.63) is 28.8 Å². The van der Waals surface area contributed by atoms with E-state index in [2.05, 4.69) is 20.8 Å². The summed E-state index contributed by atoms with van der Waals surface area (Å²) in [6.45, 7) is 8.16. The van der Waals surface area contributed by atoms with Gasteiger partial charge in [-0.05, 0) is 134 Å². The predicted molar refractivity (Wildman–Crippen MR) is 149 cm³/mol. The first kappa shape index (κ1) is 26.1. The number of halogens is 1. The normalized spacial score (nSPS) is 43.5. The van der Waals surface area contributed by atoms with E-state index in [1.165, 1.54) is 31.2 Å². The zero-order valence-corrected chi connectivity index (χ0v) is 23.7. The van der Waals surface area contributed by atoms with Crippen LogP contribution < -0.4 is 4.90 Å². The molecule has 0 saturated heterocycles. The van der Waals surface area contributed by atoms with Crippen LogP contribution in [0.25, 0.3) is 0 Å². The van der Waals surface area contributed by atoms with E-state index >= 15 is 0 Å². The average molecular weight is 528 g/mol. The third kappa shape index (κ3) is 4.19. The molecule has 37 heavy (non-hydrogen) atoms. The molecule has 1 aromatic carbocycles. The van der Waals surface area contributed by atoms with Gasteiger partial charge in [-0.15, -0.1) is 0 Å². The first-order valence-corrected chi connectivity index (χ1v) is 15.4. The van der Waals surface area contributed by atoms with Crippen LogP contribution in [0.3, 0.4) is 0 Å². The summed E-state index contributed by atoms with van der Waals surface area (Å²) >= 11 is 6.16. The molecule has 4 nitrogen and oxygen atoms in total. The van der Waals surface area contributed by atoms with Crippen LogP contribution in [0.5, 0.6) is 0 Å². The molecule has 1 aromatic rings. The Hall–Kier alpha value is -1.10. The fourth-order valence-corrected chi connectivity index (χ4v) is 10.7. The largest absolute Gasteiger partial charge is 0.393 e. The Kier molecular flexibility index (Phi) is 6.73. The molecular formula is C32H46ClNO3. The molecule has 4 aliphatic carbocycles. The van der Waals surface area contributed by atoms with Crippen LogP contribution in [0.4, 0.5) is 5.69 Å². The smallest absolute Gasteiger partial charge is 0.227 e. The Bertz CT molecular complexity index is 1040. The fourth-order valence-electron chi connectivity index (χ4n) is 10.5. The van der Waals surface area contributed by atoms with Crippen LogP contribution >= 0.6 is 11.6 Å². The van der Waals surface area contributed by atoms with Crippen molar-refractivity contribution >= 4 is 23.2 Å². The minimum Gasteiger partial charge on any atom is -0.393 e. The zero-order valence-electron chi connectivity index (χ0n) is 23.0. The second kappa shape index (κ2) is 9.52. The maximum atomic E-state index is 13.2. The lowest BCUT2D eigenvalue weighted by molar-refractivity contribution is -0.174. The third-order valence-electron chi connectivity index (χ3n) is 12.5. The van der Waals surface area contributed by atoms with Gasteiger partial charge in [-0.25, -0.2) is 0 Å². The second-order valence-corrected chi connectivity index (χ2v) is 14.5. The number of benzene rings is 1. The number of rotatable bonds is 4. The highest BCUT2D eigenvalue weighted by Gasteiger charge is 2.62. The highest BCUT2D eigenvalue weighted by molar-refractivity contribution is 6.30. The molecule has 204 valence electrons. The summed E-state index contributed by atoms with van der Waals surface area (Å²) < 4.78 is 0. The van der Waals surface area contributed by atoms with Crippen LogP contribution in [0.2, 0.25) is 5.02 Å². The zero-order chi connectivity index (χ0) is 26.1. The Balaban J connectivity index is 1.13. The lowest BCUT2D eigenvalue weighted by atomic mass is 9.43. The van der Waals surface area contributed by atoms with Crippen molar-refractivity contribution in [2.45, 2.75) is 104 Å². The SMILES string of the molecule is C[C@H](CCC(=O)N1CCc2cc(Cl)ccc21)[C@H]1CC[C@H]2[C@@H]3[C@H](O)C[C@@H]4C[C@H](O)CC[C@]4(C)[C@H]3CC[C@]12C. The number of aliphatic hydroxyl groups is 2. The van der Waals surface area contributed by atoms with Gasteiger partial charge in [-0.2, -0.15) is 0 Å². The summed E-state index contributed by atoms with van der Waals surface area (Å²) in [5, 5.41) is 22.6. The monoisotopic (exact) mass is 527 g/mol. The van der Waals surface area contributed by atoms with Gasteiger partial charge in [0.25, 0.3) is 0 Å². The van der Waals surface area contributed by atoms with E-state index in [1.54, 1.807) is 0 Å². The molecule has 0 radical (unpaired) electrons. The van der Waals surface area contributed by atoms with E-state index in [1.807, 2.05) is 23.1 Å². The molecule has 0 aromatic heterocycles. The van der Waals surface area contributed by atoms with E-state index in [-0.39, 0.29) is 28.9 Å². The Morgan fingerprint density at radius 1 is 1.08 bits per heavy atom. The Morgan fingerprint density at radius 3 is 2.65 bits per heavy atom. The van der Waals surface area contributed by atoms with Gasteiger partial charge in [0.05, 0.1) is 12.2 Å². The number of fused-ring (bicyclic) bond motifs is 6. The molecule has 1 heterocycles. The minimum atomic E-state index is -0.225. The number of nitrogens with zero attached hydrogens (tertiary/aromatic N) is 1. The predicted octanol–water partition coefficient (Wildman–Crippen LogP) is 6.64. The molecule has 5 aliphatic rings. The van der Waals surface area contributed by atoms with Crippen molar-refractivity contribution in [1.29, 1.82) is 0 Å². The lowest BCUT2D eigenvalue weighted by Gasteiger charge is -2.62. The van der Waals surface area contributed by atoms with Crippen LogP contribution in [0.1, 0.15) is 90.5 Å². The molecule has 1 amide bonds. The van der Waals surface area contributed by atoms with Gasteiger partial charge < -0.3 is 15.1 Å². The van der Waals surface area contributed by atoms with Gasteiger partial charge in [0.2, 0.25) is 5.91 Å². The molecule has 4 fully saturated rings. The van der Waals surface area contributed by atoms with E-state index < -0.39 is 0 Å². The molecule has 5 heteroatoms. The van der Waals surface area contributed by atoms with Crippen molar-refractivity contribution in [1.82, 2.24) is 0 Å². The summed E-state index contributed by atoms with van der Waals surface area (Å²) in [6.07, 6.45) is 10.8. The van der Waals surface area contributed by atoms with Crippen LogP contribution in [-0.4, -0.2) is 34.9 Å². The molecule has 2 N–H and O–H groups in total. The van der Waals surface area contributed by atoms with Gasteiger partial charge in [0.15, 0.2) is 0 Å². The lowest BCUT2D eigenvalue weighted by Crippen LogP contribution is -2.58. The van der Waals surface area contributed by atoms with Crippen molar-refractivity contribution in [3.63, 3.8) is 0 Å². The second-order valence-electron chi connectivity index (χ2n) is 14.0. The standard InChI is InChI=1S/C32H46ClNO3/c1-19(4-9-29(37)34-15-12-20-16-22(33)5-8-27(20)34)24-6-7-25-30-26(11-14-32(24,25)3)31(2)13-10-23(35)17-21(31)18-28(30)36/h5,8,16,19,21,23-26,28,30,35-36H,4,6-7,9-15,17-18H2,1-3H3/t19-,21+,23-,24-,25+,26+,28-,30+,31+,32-/m1/s1. The average Bonchev–Trinajstić information content (AvgIpc) is 3.44. The fraction of sp³-hybridized carbons (Fsp3) is 0.781. The van der Waals surface area contributed by atoms with Crippen LogP contribution in [-0.2, 0) is 11.2 Å². The van der Waals surface area contributed by atoms with E-state index in [0.717, 1.165) is 55.8 Å². The number of hydrogen-bond acceptors (Lipinski definition) is 3. The summed E-state index contributed by atoms with van der Waals surface area (Å²) in [6, 6.07) is 5.89. The molecule has 0 spiro atoms. The van der Waals surface area contributed by atoms with Gasteiger partial charge in [0, 0.05) is 23.7 Å². The first-order chi connectivity index (χ1) is 17.6. The third-order valence-corrected chi connectivity index (χ3v) is 12.7. The topological polar surface area (TPSA) is 60.8 Å². The number of carbonyl (C=O) groups excluding carboxylic acids is 1. The van der Waals surface area contributed by atoms with E-state index in [4.69, 9.17) is 11.6 Å². The number of amides is 1. The van der Waals surface area contributed by atoms with E-state index in [0.29, 0.717) is 41.9 Å². The van der Waals surface area contributed by atoms with Gasteiger partial charge in [-0.3, -0.25) is 4.79 Å². The Morgan fingerprint density at radius 2 is 1.84 bits per heavy atom. The highest BCUT2D eigenvalue weighted by Crippen LogP contribution is 2.68. The molecule has 10 atom stereocenters. The molecule has 6 rings (SSSR count). The summed E-state index contributed by atoms with van der Waals surface area (Å²) in [5.74, 6) is 3.43. The van der Waals surface area contributed by atoms with Crippen molar-refractivity contribution in [2.24, 2.45) is 46.3 Å². The summed E-state index contributed by atoms with van der Waals surface area (Å²) in [5.41, 5.74) is 2.77. The molecule has 0 bridgehead atoms. The molecule has 4 saturated carbocycles. The van der Waals surface area contributed by atoms with Gasteiger partial charge in [-0.1, -0.05) is 32.4 Å². The summed E-state index contributed by atoms with van der Waals surface area (Å²) in [7, 11) is 0. The molecular weight excluding hydrogens is 482 g/mol. The van der Waals surface area contributed by atoms with Gasteiger partial charge >= 0.3 is 0 Å². The number of hydrogen-bond donors (Lipinski definition) is 2. The minimum absolute atomic E-state index is 0.179. The maximum absolute atomic E-state index is 13.2. The van der Waals surface area contributed by atoms with Crippen molar-refractivity contribution < 1.29 is 15.0 Å². The van der Waals surface area contributed by atoms with Gasteiger partial charge in [0.1, 0.15) is 0 Å². The van der Waals surface area contributed by atoms with Crippen LogP contribution in [0, 0.1) is 46.3 Å². The number of anilines is 1. The summed E-state index contributed by atoms with van der Waals surface area (Å²) in [4.78, 5) is 15.2. The Labute approximate surface area is 228 Å². The number of carbonyl (C=O) groups is 1. The number of aliphatic hydroxyl groups excluding tert-OH is 2. The van der Waals surface area contributed by atoms with E-state index in [9.17, 15) is 15.0 Å². The van der Waals surface area contributed by atoms with Crippen molar-refractivity contribution in [3.8, 4) is 0 Å². The maximum Gasteiger partial charge on any atom is 0.227 e. The van der Waals surface area contributed by atoms with Crippen LogP contribution in [0.15, 0.2) is 18.2 Å². The quantitative estimate of drug-likeness (QED) is 0.461. The first-order valence-electron chi connectivity index (χ1n) is 15.1.